The van der Waals surface area contributed by atoms with Gasteiger partial charge in [-0.15, -0.1) is 0 Å². The van der Waals surface area contributed by atoms with Crippen molar-refractivity contribution in [2.24, 2.45) is 0 Å². The average molecular weight is 341 g/mol. The van der Waals surface area contributed by atoms with E-state index in [1.54, 1.807) is 19.1 Å². The van der Waals surface area contributed by atoms with Crippen molar-refractivity contribution >= 4 is 27.4 Å². The summed E-state index contributed by atoms with van der Waals surface area (Å²) in [5.74, 6) is -0.211. The van der Waals surface area contributed by atoms with Gasteiger partial charge in [-0.2, -0.15) is 4.68 Å². The minimum atomic E-state index is -0.560. The van der Waals surface area contributed by atoms with Gasteiger partial charge in [-0.05, 0) is 39.4 Å². The Labute approximate surface area is 121 Å². The molecule has 0 radical (unpaired) electrons. The molecule has 8 nitrogen and oxygen atoms in total. The van der Waals surface area contributed by atoms with E-state index < -0.39 is 9.85 Å². The lowest BCUT2D eigenvalue weighted by atomic mass is 10.2. The van der Waals surface area contributed by atoms with Gasteiger partial charge < -0.3 is 10.1 Å². The molecule has 0 amide bonds. The minimum absolute atomic E-state index is 0.0547. The summed E-state index contributed by atoms with van der Waals surface area (Å²) in [7, 11) is 0. The fourth-order valence-corrected chi connectivity index (χ4v) is 2.15. The molecular formula is C11H9BrN4O4. The van der Waals surface area contributed by atoms with Crippen LogP contribution in [0.15, 0.2) is 28.9 Å². The van der Waals surface area contributed by atoms with Gasteiger partial charge in [0, 0.05) is 6.07 Å². The zero-order valence-electron chi connectivity index (χ0n) is 10.3. The van der Waals surface area contributed by atoms with E-state index >= 15 is 0 Å². The van der Waals surface area contributed by atoms with Crippen LogP contribution < -0.4 is 0 Å². The van der Waals surface area contributed by atoms with E-state index in [9.17, 15) is 20.2 Å². The van der Waals surface area contributed by atoms with Crippen molar-refractivity contribution in [3.8, 4) is 0 Å². The molecule has 0 bridgehead atoms. The lowest BCUT2D eigenvalue weighted by Crippen LogP contribution is -2.02. The summed E-state index contributed by atoms with van der Waals surface area (Å²) in [6.07, 6.45) is 1.53. The lowest BCUT2D eigenvalue weighted by molar-refractivity contribution is -0.390. The number of halogens is 1. The first-order chi connectivity index (χ1) is 9.38. The number of aromatic nitrogens is 2. The van der Waals surface area contributed by atoms with Gasteiger partial charge in [0.05, 0.1) is 32.8 Å². The van der Waals surface area contributed by atoms with Gasteiger partial charge in [-0.3, -0.25) is 10.1 Å². The second-order valence-corrected chi connectivity index (χ2v) is 4.99. The molecule has 0 atom stereocenters. The number of nitrogens with zero attached hydrogens (tertiary/aromatic N) is 4. The van der Waals surface area contributed by atoms with Crippen molar-refractivity contribution in [2.75, 3.05) is 0 Å². The molecule has 0 saturated carbocycles. The minimum Gasteiger partial charge on any atom is -0.358 e. The first kappa shape index (κ1) is 14.1. The molecule has 0 aliphatic heterocycles. The van der Waals surface area contributed by atoms with Gasteiger partial charge in [-0.25, -0.2) is 0 Å². The van der Waals surface area contributed by atoms with Crippen molar-refractivity contribution in [2.45, 2.75) is 13.5 Å². The molecule has 0 unspecified atom stereocenters. The normalized spacial score (nSPS) is 10.5. The number of benzene rings is 1. The Kier molecular flexibility index (Phi) is 3.79. The molecule has 1 aromatic heterocycles. The Balaban J connectivity index is 2.31. The van der Waals surface area contributed by atoms with Crippen LogP contribution in [0.1, 0.15) is 11.1 Å². The highest BCUT2D eigenvalue weighted by atomic mass is 79.9. The quantitative estimate of drug-likeness (QED) is 0.628. The van der Waals surface area contributed by atoms with Crippen LogP contribution in [-0.2, 0) is 6.54 Å². The summed E-state index contributed by atoms with van der Waals surface area (Å²) in [5.41, 5.74) is 1.03. The van der Waals surface area contributed by atoms with E-state index in [1.165, 1.54) is 16.9 Å². The summed E-state index contributed by atoms with van der Waals surface area (Å²) >= 11 is 3.10. The molecule has 0 fully saturated rings. The third kappa shape index (κ3) is 2.82. The SMILES string of the molecule is Cc1cn(Cc2ccc(Br)c([N+](=O)[O-])c2)nc1[N+](=O)[O-]. The fraction of sp³-hybridized carbons (Fsp3) is 0.182. The van der Waals surface area contributed by atoms with Crippen molar-refractivity contribution < 1.29 is 9.85 Å². The maximum absolute atomic E-state index is 10.8. The topological polar surface area (TPSA) is 104 Å². The van der Waals surface area contributed by atoms with Crippen LogP contribution in [0.5, 0.6) is 0 Å². The molecule has 20 heavy (non-hydrogen) atoms. The number of aryl methyl sites for hydroxylation is 1. The standard InChI is InChI=1S/C11H9BrN4O4/c1-7-5-14(13-11(7)16(19)20)6-8-2-3-9(12)10(4-8)15(17)18/h2-5H,6H2,1H3. The summed E-state index contributed by atoms with van der Waals surface area (Å²) in [4.78, 5) is 20.5. The number of rotatable bonds is 4. The van der Waals surface area contributed by atoms with Crippen LogP contribution in [0, 0.1) is 27.2 Å². The Bertz CT molecular complexity index is 698. The van der Waals surface area contributed by atoms with Crippen molar-refractivity contribution in [1.82, 2.24) is 9.78 Å². The first-order valence-electron chi connectivity index (χ1n) is 5.49. The van der Waals surface area contributed by atoms with Crippen LogP contribution in [0.3, 0.4) is 0 Å². The van der Waals surface area contributed by atoms with Crippen molar-refractivity contribution in [3.63, 3.8) is 0 Å². The molecule has 2 aromatic rings. The van der Waals surface area contributed by atoms with Gasteiger partial charge in [0.1, 0.15) is 0 Å². The van der Waals surface area contributed by atoms with Crippen LogP contribution in [0.2, 0.25) is 0 Å². The molecule has 1 aromatic carbocycles. The number of hydrogen-bond donors (Lipinski definition) is 0. The third-order valence-corrected chi connectivity index (χ3v) is 3.31. The van der Waals surface area contributed by atoms with Gasteiger partial charge in [0.25, 0.3) is 5.69 Å². The van der Waals surface area contributed by atoms with E-state index in [2.05, 4.69) is 21.0 Å². The Morgan fingerprint density at radius 1 is 1.30 bits per heavy atom. The van der Waals surface area contributed by atoms with E-state index in [0.29, 0.717) is 15.6 Å². The molecule has 104 valence electrons. The monoisotopic (exact) mass is 340 g/mol. The molecule has 0 aliphatic rings. The summed E-state index contributed by atoms with van der Waals surface area (Å²) in [5, 5.41) is 25.4. The predicted octanol–water partition coefficient (Wildman–Crippen LogP) is 2.82. The molecule has 1 heterocycles. The molecule has 0 N–H and O–H groups in total. The third-order valence-electron chi connectivity index (χ3n) is 2.64. The van der Waals surface area contributed by atoms with Gasteiger partial charge >= 0.3 is 5.82 Å². The summed E-state index contributed by atoms with van der Waals surface area (Å²) < 4.78 is 1.77. The van der Waals surface area contributed by atoms with E-state index in [4.69, 9.17) is 0 Å². The maximum atomic E-state index is 10.8. The first-order valence-corrected chi connectivity index (χ1v) is 6.29. The fourth-order valence-electron chi connectivity index (χ4n) is 1.76. The smallest absolute Gasteiger partial charge is 0.358 e. The van der Waals surface area contributed by atoms with Crippen LogP contribution in [0.4, 0.5) is 11.5 Å². The molecule has 0 aliphatic carbocycles. The van der Waals surface area contributed by atoms with Gasteiger partial charge in [0.15, 0.2) is 0 Å². The van der Waals surface area contributed by atoms with Crippen LogP contribution in [0.25, 0.3) is 0 Å². The number of nitro groups is 2. The van der Waals surface area contributed by atoms with E-state index in [1.807, 2.05) is 0 Å². The second kappa shape index (κ2) is 5.37. The summed E-state index contributed by atoms with van der Waals surface area (Å²) in [6.45, 7) is 1.81. The Morgan fingerprint density at radius 2 is 2.00 bits per heavy atom. The molecule has 9 heteroatoms. The highest BCUT2D eigenvalue weighted by molar-refractivity contribution is 9.10. The average Bonchev–Trinajstić information content (AvgIpc) is 2.72. The highest BCUT2D eigenvalue weighted by Crippen LogP contribution is 2.26. The zero-order valence-corrected chi connectivity index (χ0v) is 11.9. The lowest BCUT2D eigenvalue weighted by Gasteiger charge is -2.00. The maximum Gasteiger partial charge on any atom is 0.392 e. The zero-order chi connectivity index (χ0) is 14.9. The van der Waals surface area contributed by atoms with E-state index in [-0.39, 0.29) is 18.1 Å². The Hall–Kier alpha value is -2.29. The van der Waals surface area contributed by atoms with Crippen molar-refractivity contribution in [3.05, 3.63) is 60.2 Å². The van der Waals surface area contributed by atoms with E-state index in [0.717, 1.165) is 0 Å². The van der Waals surface area contributed by atoms with Gasteiger partial charge in [0.2, 0.25) is 0 Å². The molecule has 2 rings (SSSR count). The van der Waals surface area contributed by atoms with Crippen LogP contribution in [-0.4, -0.2) is 19.6 Å². The molecule has 0 saturated heterocycles. The largest absolute Gasteiger partial charge is 0.392 e. The highest BCUT2D eigenvalue weighted by Gasteiger charge is 2.18. The number of hydrogen-bond acceptors (Lipinski definition) is 5. The molecular weight excluding hydrogens is 332 g/mol. The second-order valence-electron chi connectivity index (χ2n) is 4.13. The number of nitro benzene ring substituents is 1. The van der Waals surface area contributed by atoms with Gasteiger partial charge in [-0.1, -0.05) is 6.07 Å². The molecule has 0 spiro atoms. The Morgan fingerprint density at radius 3 is 2.55 bits per heavy atom. The summed E-state index contributed by atoms with van der Waals surface area (Å²) in [6, 6.07) is 4.67. The predicted molar refractivity (Wildman–Crippen MR) is 73.5 cm³/mol. The van der Waals surface area contributed by atoms with Crippen LogP contribution >= 0.6 is 15.9 Å². The van der Waals surface area contributed by atoms with Crippen molar-refractivity contribution in [1.29, 1.82) is 0 Å².